The van der Waals surface area contributed by atoms with Crippen molar-refractivity contribution in [1.82, 2.24) is 15.0 Å². The minimum atomic E-state index is -1.01. The highest BCUT2D eigenvalue weighted by Crippen LogP contribution is 2.24. The number of hydrogen-bond acceptors (Lipinski definition) is 4. The predicted octanol–water partition coefficient (Wildman–Crippen LogP) is 1.64. The fourth-order valence-electron chi connectivity index (χ4n) is 1.53. The van der Waals surface area contributed by atoms with Gasteiger partial charge < -0.3 is 5.11 Å². The van der Waals surface area contributed by atoms with E-state index >= 15 is 0 Å². The molecule has 0 radical (unpaired) electrons. The number of thioether (sulfide) groups is 1. The van der Waals surface area contributed by atoms with E-state index in [1.54, 1.807) is 16.4 Å². The van der Waals surface area contributed by atoms with Gasteiger partial charge in [-0.3, -0.25) is 0 Å². The number of hydrogen-bond donors (Lipinski definition) is 1. The standard InChI is InChI=1S/C10H17N3O2S/c1-10(2,3)8-7(9(14)15)11-12-13(8)5-6-16-4/h5-6H2,1-4H3,(H,14,15). The van der Waals surface area contributed by atoms with Crippen molar-refractivity contribution in [2.75, 3.05) is 12.0 Å². The molecule has 1 rings (SSSR count). The van der Waals surface area contributed by atoms with Crippen molar-refractivity contribution in [2.24, 2.45) is 0 Å². The van der Waals surface area contributed by atoms with Crippen molar-refractivity contribution in [3.63, 3.8) is 0 Å². The zero-order chi connectivity index (χ0) is 12.3. The van der Waals surface area contributed by atoms with Gasteiger partial charge in [0.05, 0.1) is 12.2 Å². The fourth-order valence-corrected chi connectivity index (χ4v) is 1.89. The second kappa shape index (κ2) is 4.86. The molecule has 0 saturated heterocycles. The Morgan fingerprint density at radius 3 is 2.56 bits per heavy atom. The summed E-state index contributed by atoms with van der Waals surface area (Å²) >= 11 is 1.70. The number of aromatic nitrogens is 3. The molecule has 0 unspecified atom stereocenters. The molecule has 5 nitrogen and oxygen atoms in total. The van der Waals surface area contributed by atoms with Gasteiger partial charge in [-0.05, 0) is 6.26 Å². The van der Waals surface area contributed by atoms with Crippen LogP contribution in [0.1, 0.15) is 37.0 Å². The van der Waals surface area contributed by atoms with Crippen LogP contribution < -0.4 is 0 Å². The Morgan fingerprint density at radius 2 is 2.12 bits per heavy atom. The van der Waals surface area contributed by atoms with E-state index in [0.717, 1.165) is 5.75 Å². The Bertz CT molecular complexity index is 382. The van der Waals surface area contributed by atoms with E-state index in [0.29, 0.717) is 12.2 Å². The summed E-state index contributed by atoms with van der Waals surface area (Å²) in [6.45, 7) is 6.59. The fraction of sp³-hybridized carbons (Fsp3) is 0.700. The number of aromatic carboxylic acids is 1. The second-order valence-electron chi connectivity index (χ2n) is 4.56. The van der Waals surface area contributed by atoms with Crippen LogP contribution in [0.4, 0.5) is 0 Å². The Morgan fingerprint density at radius 1 is 1.50 bits per heavy atom. The first-order valence-corrected chi connectivity index (χ1v) is 6.43. The van der Waals surface area contributed by atoms with Crippen LogP contribution in [-0.4, -0.2) is 38.1 Å². The molecule has 0 amide bonds. The molecule has 0 spiro atoms. The van der Waals surface area contributed by atoms with Crippen LogP contribution in [0, 0.1) is 0 Å². The molecule has 0 aliphatic rings. The Kier molecular flexibility index (Phi) is 3.96. The molecule has 16 heavy (non-hydrogen) atoms. The summed E-state index contributed by atoms with van der Waals surface area (Å²) in [4.78, 5) is 11.0. The first kappa shape index (κ1) is 13.0. The average Bonchev–Trinajstić information content (AvgIpc) is 2.57. The van der Waals surface area contributed by atoms with Crippen LogP contribution >= 0.6 is 11.8 Å². The third-order valence-corrected chi connectivity index (χ3v) is 2.75. The maximum absolute atomic E-state index is 11.0. The SMILES string of the molecule is CSCCn1nnc(C(=O)O)c1C(C)(C)C. The lowest BCUT2D eigenvalue weighted by Gasteiger charge is -2.20. The summed E-state index contributed by atoms with van der Waals surface area (Å²) in [7, 11) is 0. The maximum Gasteiger partial charge on any atom is 0.358 e. The number of carboxylic acid groups (broad SMARTS) is 1. The average molecular weight is 243 g/mol. The minimum absolute atomic E-state index is 0.0635. The van der Waals surface area contributed by atoms with E-state index in [2.05, 4.69) is 10.3 Å². The van der Waals surface area contributed by atoms with Crippen molar-refractivity contribution in [2.45, 2.75) is 32.7 Å². The molecule has 0 aliphatic heterocycles. The summed E-state index contributed by atoms with van der Waals surface area (Å²) in [6, 6.07) is 0. The van der Waals surface area contributed by atoms with Crippen molar-refractivity contribution >= 4 is 17.7 Å². The van der Waals surface area contributed by atoms with Crippen LogP contribution in [0.2, 0.25) is 0 Å². The van der Waals surface area contributed by atoms with Gasteiger partial charge in [0, 0.05) is 11.2 Å². The number of nitrogens with zero attached hydrogens (tertiary/aromatic N) is 3. The Labute approximate surface area is 99.2 Å². The zero-order valence-electron chi connectivity index (χ0n) is 10.0. The van der Waals surface area contributed by atoms with E-state index in [1.807, 2.05) is 27.0 Å². The molecule has 0 aromatic carbocycles. The number of carboxylic acids is 1. The molecule has 90 valence electrons. The van der Waals surface area contributed by atoms with Crippen LogP contribution in [0.3, 0.4) is 0 Å². The van der Waals surface area contributed by atoms with Crippen molar-refractivity contribution in [1.29, 1.82) is 0 Å². The van der Waals surface area contributed by atoms with Gasteiger partial charge in [-0.25, -0.2) is 9.48 Å². The predicted molar refractivity (Wildman–Crippen MR) is 64.1 cm³/mol. The van der Waals surface area contributed by atoms with Gasteiger partial charge in [-0.15, -0.1) is 5.10 Å². The Balaban J connectivity index is 3.15. The molecule has 1 aromatic heterocycles. The van der Waals surface area contributed by atoms with Gasteiger partial charge in [0.1, 0.15) is 0 Å². The maximum atomic E-state index is 11.0. The lowest BCUT2D eigenvalue weighted by atomic mass is 9.90. The molecule has 6 heteroatoms. The van der Waals surface area contributed by atoms with E-state index in [1.165, 1.54) is 0 Å². The smallest absolute Gasteiger partial charge is 0.358 e. The monoisotopic (exact) mass is 243 g/mol. The highest BCUT2D eigenvalue weighted by molar-refractivity contribution is 7.98. The topological polar surface area (TPSA) is 68.0 Å². The first-order valence-electron chi connectivity index (χ1n) is 5.04. The van der Waals surface area contributed by atoms with Crippen LogP contribution in [0.5, 0.6) is 0 Å². The van der Waals surface area contributed by atoms with E-state index < -0.39 is 5.97 Å². The molecular formula is C10H17N3O2S. The minimum Gasteiger partial charge on any atom is -0.476 e. The van der Waals surface area contributed by atoms with Crippen molar-refractivity contribution < 1.29 is 9.90 Å². The molecule has 1 aromatic rings. The van der Waals surface area contributed by atoms with Crippen LogP contribution in [-0.2, 0) is 12.0 Å². The van der Waals surface area contributed by atoms with Gasteiger partial charge in [0.2, 0.25) is 0 Å². The van der Waals surface area contributed by atoms with E-state index in [4.69, 9.17) is 5.11 Å². The van der Waals surface area contributed by atoms with Crippen LogP contribution in [0.15, 0.2) is 0 Å². The van der Waals surface area contributed by atoms with Gasteiger partial charge in [-0.1, -0.05) is 26.0 Å². The zero-order valence-corrected chi connectivity index (χ0v) is 10.8. The number of aryl methyl sites for hydroxylation is 1. The lowest BCUT2D eigenvalue weighted by Crippen LogP contribution is -2.22. The molecule has 1 N–H and O–H groups in total. The van der Waals surface area contributed by atoms with Crippen molar-refractivity contribution in [3.8, 4) is 0 Å². The number of rotatable bonds is 4. The molecule has 1 heterocycles. The van der Waals surface area contributed by atoms with Crippen LogP contribution in [0.25, 0.3) is 0 Å². The van der Waals surface area contributed by atoms with E-state index in [-0.39, 0.29) is 11.1 Å². The quantitative estimate of drug-likeness (QED) is 0.870. The first-order chi connectivity index (χ1) is 7.38. The second-order valence-corrected chi connectivity index (χ2v) is 5.54. The summed E-state index contributed by atoms with van der Waals surface area (Å²) in [5, 5.41) is 16.7. The molecule has 0 bridgehead atoms. The highest BCUT2D eigenvalue weighted by Gasteiger charge is 2.28. The summed E-state index contributed by atoms with van der Waals surface area (Å²) in [5.74, 6) is -0.119. The van der Waals surface area contributed by atoms with Gasteiger partial charge in [0.15, 0.2) is 5.69 Å². The highest BCUT2D eigenvalue weighted by atomic mass is 32.2. The van der Waals surface area contributed by atoms with Gasteiger partial charge >= 0.3 is 5.97 Å². The summed E-state index contributed by atoms with van der Waals surface area (Å²) < 4.78 is 1.69. The Hall–Kier alpha value is -1.04. The molecule has 0 saturated carbocycles. The van der Waals surface area contributed by atoms with Gasteiger partial charge in [0.25, 0.3) is 0 Å². The van der Waals surface area contributed by atoms with E-state index in [9.17, 15) is 4.79 Å². The normalized spacial score (nSPS) is 11.8. The van der Waals surface area contributed by atoms with Gasteiger partial charge in [-0.2, -0.15) is 11.8 Å². The molecule has 0 aliphatic carbocycles. The molecular weight excluding hydrogens is 226 g/mol. The third-order valence-electron chi connectivity index (χ3n) is 2.16. The van der Waals surface area contributed by atoms with Crippen molar-refractivity contribution in [3.05, 3.63) is 11.4 Å². The largest absolute Gasteiger partial charge is 0.476 e. The third kappa shape index (κ3) is 2.75. The lowest BCUT2D eigenvalue weighted by molar-refractivity contribution is 0.0687. The number of carbonyl (C=O) groups is 1. The summed E-state index contributed by atoms with van der Waals surface area (Å²) in [6.07, 6.45) is 2.01. The molecule has 0 fully saturated rings. The summed E-state index contributed by atoms with van der Waals surface area (Å²) in [5.41, 5.74) is 0.484. The molecule has 0 atom stereocenters.